The predicted molar refractivity (Wildman–Crippen MR) is 88.8 cm³/mol. The topological polar surface area (TPSA) is 33.2 Å². The van der Waals surface area contributed by atoms with Gasteiger partial charge in [0.25, 0.3) is 5.91 Å². The zero-order valence-electron chi connectivity index (χ0n) is 12.6. The SMILES string of the molecule is CN(CCc1ccccn1)C(=O)c1ccc2ccccc2c1. The number of carbonyl (C=O) groups is 1. The van der Waals surface area contributed by atoms with E-state index in [0.717, 1.165) is 28.5 Å². The summed E-state index contributed by atoms with van der Waals surface area (Å²) in [6.45, 7) is 0.655. The average molecular weight is 290 g/mol. The van der Waals surface area contributed by atoms with Crippen LogP contribution in [0.4, 0.5) is 0 Å². The van der Waals surface area contributed by atoms with Gasteiger partial charge in [-0.2, -0.15) is 0 Å². The van der Waals surface area contributed by atoms with Gasteiger partial charge in [-0.25, -0.2) is 0 Å². The van der Waals surface area contributed by atoms with Crippen molar-refractivity contribution in [2.24, 2.45) is 0 Å². The standard InChI is InChI=1S/C19H18N2O/c1-21(13-11-18-8-4-5-12-20-18)19(22)17-10-9-15-6-2-3-7-16(15)14-17/h2-10,12,14H,11,13H2,1H3. The number of likely N-dealkylation sites (N-methyl/N-ethyl adjacent to an activating group) is 1. The van der Waals surface area contributed by atoms with Crippen LogP contribution < -0.4 is 0 Å². The van der Waals surface area contributed by atoms with Crippen molar-refractivity contribution in [3.63, 3.8) is 0 Å². The van der Waals surface area contributed by atoms with Crippen LogP contribution in [0.3, 0.4) is 0 Å². The fourth-order valence-electron chi connectivity index (χ4n) is 2.47. The van der Waals surface area contributed by atoms with Crippen LogP contribution in [-0.2, 0) is 6.42 Å². The van der Waals surface area contributed by atoms with E-state index in [1.807, 2.05) is 67.7 Å². The number of fused-ring (bicyclic) bond motifs is 1. The van der Waals surface area contributed by atoms with E-state index in [9.17, 15) is 4.79 Å². The third-order valence-corrected chi connectivity index (χ3v) is 3.77. The number of nitrogens with zero attached hydrogens (tertiary/aromatic N) is 2. The summed E-state index contributed by atoms with van der Waals surface area (Å²) in [4.78, 5) is 18.5. The molecule has 0 unspecified atom stereocenters. The highest BCUT2D eigenvalue weighted by Gasteiger charge is 2.12. The summed E-state index contributed by atoms with van der Waals surface area (Å²) >= 11 is 0. The molecule has 0 atom stereocenters. The van der Waals surface area contributed by atoms with Crippen molar-refractivity contribution in [1.29, 1.82) is 0 Å². The lowest BCUT2D eigenvalue weighted by Crippen LogP contribution is -2.28. The maximum atomic E-state index is 12.5. The molecule has 0 aliphatic carbocycles. The van der Waals surface area contributed by atoms with Crippen LogP contribution >= 0.6 is 0 Å². The van der Waals surface area contributed by atoms with Gasteiger partial charge >= 0.3 is 0 Å². The van der Waals surface area contributed by atoms with Gasteiger partial charge in [-0.15, -0.1) is 0 Å². The van der Waals surface area contributed by atoms with E-state index in [0.29, 0.717) is 6.54 Å². The fourth-order valence-corrected chi connectivity index (χ4v) is 2.47. The Labute approximate surface area is 130 Å². The van der Waals surface area contributed by atoms with Crippen molar-refractivity contribution < 1.29 is 4.79 Å². The summed E-state index contributed by atoms with van der Waals surface area (Å²) in [7, 11) is 1.83. The van der Waals surface area contributed by atoms with Gasteiger partial charge in [0.2, 0.25) is 0 Å². The molecule has 2 aromatic carbocycles. The van der Waals surface area contributed by atoms with Gasteiger partial charge in [0, 0.05) is 37.5 Å². The van der Waals surface area contributed by atoms with Crippen LogP contribution in [0.1, 0.15) is 16.1 Å². The third-order valence-electron chi connectivity index (χ3n) is 3.77. The minimum atomic E-state index is 0.0432. The van der Waals surface area contributed by atoms with Crippen LogP contribution in [0, 0.1) is 0 Å². The van der Waals surface area contributed by atoms with Crippen molar-refractivity contribution in [1.82, 2.24) is 9.88 Å². The Balaban J connectivity index is 1.71. The van der Waals surface area contributed by atoms with Gasteiger partial charge < -0.3 is 4.90 Å². The summed E-state index contributed by atoms with van der Waals surface area (Å²) in [5.74, 6) is 0.0432. The normalized spacial score (nSPS) is 10.6. The third kappa shape index (κ3) is 3.14. The molecule has 110 valence electrons. The van der Waals surface area contributed by atoms with Crippen LogP contribution in [-0.4, -0.2) is 29.4 Å². The Hall–Kier alpha value is -2.68. The first-order valence-electron chi connectivity index (χ1n) is 7.38. The van der Waals surface area contributed by atoms with Crippen LogP contribution in [0.2, 0.25) is 0 Å². The number of benzene rings is 2. The molecule has 0 N–H and O–H groups in total. The molecule has 3 nitrogen and oxygen atoms in total. The minimum Gasteiger partial charge on any atom is -0.341 e. The first-order valence-corrected chi connectivity index (χ1v) is 7.38. The van der Waals surface area contributed by atoms with E-state index in [1.54, 1.807) is 11.1 Å². The minimum absolute atomic E-state index is 0.0432. The lowest BCUT2D eigenvalue weighted by molar-refractivity contribution is 0.0796. The Kier molecular flexibility index (Phi) is 4.15. The second-order valence-corrected chi connectivity index (χ2v) is 5.36. The Morgan fingerprint density at radius 1 is 1.00 bits per heavy atom. The molecule has 0 radical (unpaired) electrons. The largest absolute Gasteiger partial charge is 0.341 e. The van der Waals surface area contributed by atoms with Gasteiger partial charge in [-0.05, 0) is 35.0 Å². The van der Waals surface area contributed by atoms with Gasteiger partial charge in [0.1, 0.15) is 0 Å². The zero-order valence-corrected chi connectivity index (χ0v) is 12.6. The zero-order chi connectivity index (χ0) is 15.4. The quantitative estimate of drug-likeness (QED) is 0.736. The van der Waals surface area contributed by atoms with Gasteiger partial charge in [0.05, 0.1) is 0 Å². The van der Waals surface area contributed by atoms with Crippen molar-refractivity contribution in [3.8, 4) is 0 Å². The predicted octanol–water partition coefficient (Wildman–Crippen LogP) is 3.55. The summed E-state index contributed by atoms with van der Waals surface area (Å²) in [5, 5.41) is 2.24. The maximum absolute atomic E-state index is 12.5. The average Bonchev–Trinajstić information content (AvgIpc) is 2.59. The Morgan fingerprint density at radius 2 is 1.77 bits per heavy atom. The molecular formula is C19H18N2O. The fraction of sp³-hybridized carbons (Fsp3) is 0.158. The molecule has 3 aromatic rings. The number of carbonyl (C=O) groups excluding carboxylic acids is 1. The molecule has 0 saturated carbocycles. The van der Waals surface area contributed by atoms with Gasteiger partial charge in [-0.1, -0.05) is 36.4 Å². The molecule has 0 saturated heterocycles. The molecule has 3 rings (SSSR count). The Bertz CT molecular complexity index is 784. The highest BCUT2D eigenvalue weighted by molar-refractivity contribution is 5.98. The summed E-state index contributed by atoms with van der Waals surface area (Å²) < 4.78 is 0. The van der Waals surface area contributed by atoms with Crippen molar-refractivity contribution >= 4 is 16.7 Å². The highest BCUT2D eigenvalue weighted by Crippen LogP contribution is 2.16. The lowest BCUT2D eigenvalue weighted by Gasteiger charge is -2.17. The van der Waals surface area contributed by atoms with Gasteiger partial charge in [-0.3, -0.25) is 9.78 Å². The van der Waals surface area contributed by atoms with Crippen LogP contribution in [0.5, 0.6) is 0 Å². The molecule has 0 aliphatic rings. The highest BCUT2D eigenvalue weighted by atomic mass is 16.2. The van der Waals surface area contributed by atoms with E-state index in [2.05, 4.69) is 4.98 Å². The molecule has 1 heterocycles. The van der Waals surface area contributed by atoms with E-state index in [4.69, 9.17) is 0 Å². The monoisotopic (exact) mass is 290 g/mol. The smallest absolute Gasteiger partial charge is 0.253 e. The van der Waals surface area contributed by atoms with Crippen molar-refractivity contribution in [3.05, 3.63) is 78.1 Å². The van der Waals surface area contributed by atoms with Gasteiger partial charge in [0.15, 0.2) is 0 Å². The molecule has 1 aromatic heterocycles. The molecule has 1 amide bonds. The second-order valence-electron chi connectivity index (χ2n) is 5.36. The van der Waals surface area contributed by atoms with Crippen LogP contribution in [0.25, 0.3) is 10.8 Å². The molecular weight excluding hydrogens is 272 g/mol. The summed E-state index contributed by atoms with van der Waals surface area (Å²) in [6.07, 6.45) is 2.54. The molecule has 0 fully saturated rings. The summed E-state index contributed by atoms with van der Waals surface area (Å²) in [5.41, 5.74) is 1.72. The van der Waals surface area contributed by atoms with Crippen LogP contribution in [0.15, 0.2) is 66.9 Å². The molecule has 3 heteroatoms. The molecule has 22 heavy (non-hydrogen) atoms. The maximum Gasteiger partial charge on any atom is 0.253 e. The number of rotatable bonds is 4. The number of pyridine rings is 1. The van der Waals surface area contributed by atoms with E-state index < -0.39 is 0 Å². The van der Waals surface area contributed by atoms with E-state index in [1.165, 1.54) is 0 Å². The first kappa shape index (κ1) is 14.3. The number of hydrogen-bond acceptors (Lipinski definition) is 2. The number of aromatic nitrogens is 1. The molecule has 0 aliphatic heterocycles. The number of amides is 1. The molecule has 0 spiro atoms. The van der Waals surface area contributed by atoms with E-state index in [-0.39, 0.29) is 5.91 Å². The summed E-state index contributed by atoms with van der Waals surface area (Å²) in [6, 6.07) is 19.7. The van der Waals surface area contributed by atoms with E-state index >= 15 is 0 Å². The Morgan fingerprint density at radius 3 is 2.55 bits per heavy atom. The number of hydrogen-bond donors (Lipinski definition) is 0. The van der Waals surface area contributed by atoms with Crippen molar-refractivity contribution in [2.75, 3.05) is 13.6 Å². The lowest BCUT2D eigenvalue weighted by atomic mass is 10.1. The molecule has 0 bridgehead atoms. The second kappa shape index (κ2) is 6.39. The van der Waals surface area contributed by atoms with Crippen molar-refractivity contribution in [2.45, 2.75) is 6.42 Å². The first-order chi connectivity index (χ1) is 10.7.